The summed E-state index contributed by atoms with van der Waals surface area (Å²) in [5.74, 6) is 0. The molecule has 1 rings (SSSR count). The fourth-order valence-electron chi connectivity index (χ4n) is 1.67. The van der Waals surface area contributed by atoms with Gasteiger partial charge in [-0.05, 0) is 13.3 Å². The van der Waals surface area contributed by atoms with Crippen molar-refractivity contribution in [2.24, 2.45) is 0 Å². The SMILES string of the molecule is CCC(C)N(CCOC)S(=O)(=O)c1cc([N+](=O)[O-])c(Cl)s1. The van der Waals surface area contributed by atoms with Gasteiger partial charge < -0.3 is 4.74 Å². The molecule has 1 aromatic rings. The Morgan fingerprint density at radius 1 is 1.57 bits per heavy atom. The first-order valence-electron chi connectivity index (χ1n) is 6.20. The maximum atomic E-state index is 12.6. The highest BCUT2D eigenvalue weighted by atomic mass is 35.5. The summed E-state index contributed by atoms with van der Waals surface area (Å²) in [7, 11) is -2.36. The molecule has 0 fully saturated rings. The van der Waals surface area contributed by atoms with Gasteiger partial charge in [0, 0.05) is 25.8 Å². The molecule has 0 amide bonds. The Balaban J connectivity index is 3.22. The van der Waals surface area contributed by atoms with E-state index in [-0.39, 0.29) is 27.7 Å². The number of thiophene rings is 1. The number of hydrogen-bond donors (Lipinski definition) is 0. The summed E-state index contributed by atoms with van der Waals surface area (Å²) in [5.41, 5.74) is -0.393. The zero-order valence-corrected chi connectivity index (χ0v) is 14.3. The zero-order valence-electron chi connectivity index (χ0n) is 11.9. The maximum Gasteiger partial charge on any atom is 0.300 e. The molecule has 0 saturated heterocycles. The molecule has 21 heavy (non-hydrogen) atoms. The van der Waals surface area contributed by atoms with Gasteiger partial charge in [-0.1, -0.05) is 18.5 Å². The second-order valence-electron chi connectivity index (χ2n) is 4.35. The van der Waals surface area contributed by atoms with Crippen LogP contribution in [-0.4, -0.2) is 43.9 Å². The molecule has 0 aliphatic carbocycles. The van der Waals surface area contributed by atoms with E-state index in [0.717, 1.165) is 6.07 Å². The summed E-state index contributed by atoms with van der Waals surface area (Å²) in [4.78, 5) is 10.1. The van der Waals surface area contributed by atoms with E-state index in [9.17, 15) is 18.5 Å². The van der Waals surface area contributed by atoms with Crippen LogP contribution in [0.1, 0.15) is 20.3 Å². The molecule has 1 atom stereocenters. The van der Waals surface area contributed by atoms with Crippen molar-refractivity contribution in [1.82, 2.24) is 4.31 Å². The summed E-state index contributed by atoms with van der Waals surface area (Å²) in [6, 6.07) is 0.759. The largest absolute Gasteiger partial charge is 0.383 e. The van der Waals surface area contributed by atoms with Gasteiger partial charge in [-0.25, -0.2) is 8.42 Å². The highest BCUT2D eigenvalue weighted by molar-refractivity contribution is 7.91. The second-order valence-corrected chi connectivity index (χ2v) is 8.12. The van der Waals surface area contributed by atoms with Crippen LogP contribution < -0.4 is 0 Å². The third-order valence-corrected chi connectivity index (χ3v) is 6.80. The molecule has 1 heterocycles. The van der Waals surface area contributed by atoms with E-state index in [1.54, 1.807) is 6.92 Å². The van der Waals surface area contributed by atoms with Gasteiger partial charge >= 0.3 is 0 Å². The molecule has 0 saturated carbocycles. The predicted octanol–water partition coefficient (Wildman–Crippen LogP) is 2.75. The number of rotatable bonds is 8. The molecule has 0 radical (unpaired) electrons. The van der Waals surface area contributed by atoms with E-state index in [1.807, 2.05) is 6.92 Å². The number of ether oxygens (including phenoxy) is 1. The molecule has 0 aliphatic rings. The van der Waals surface area contributed by atoms with Crippen LogP contribution in [0.5, 0.6) is 0 Å². The van der Waals surface area contributed by atoms with Gasteiger partial charge in [0.2, 0.25) is 0 Å². The van der Waals surface area contributed by atoms with E-state index < -0.39 is 20.6 Å². The minimum absolute atomic E-state index is 0.129. The number of halogens is 1. The Hall–Kier alpha value is -0.740. The van der Waals surface area contributed by atoms with Gasteiger partial charge in [0.15, 0.2) is 4.34 Å². The molecule has 1 unspecified atom stereocenters. The fourth-order valence-corrected chi connectivity index (χ4v) is 5.15. The maximum absolute atomic E-state index is 12.6. The predicted molar refractivity (Wildman–Crippen MR) is 81.5 cm³/mol. The summed E-state index contributed by atoms with van der Waals surface area (Å²) >= 11 is 6.43. The molecule has 0 N–H and O–H groups in total. The Morgan fingerprint density at radius 3 is 2.62 bits per heavy atom. The van der Waals surface area contributed by atoms with Crippen molar-refractivity contribution in [2.75, 3.05) is 20.3 Å². The van der Waals surface area contributed by atoms with E-state index in [2.05, 4.69) is 0 Å². The van der Waals surface area contributed by atoms with Gasteiger partial charge in [-0.3, -0.25) is 10.1 Å². The normalized spacial score (nSPS) is 13.6. The quantitative estimate of drug-likeness (QED) is 0.527. The van der Waals surface area contributed by atoms with Crippen molar-refractivity contribution in [3.8, 4) is 0 Å². The Kier molecular flexibility index (Phi) is 6.54. The summed E-state index contributed by atoms with van der Waals surface area (Å²) in [6.07, 6.45) is 0.615. The first kappa shape index (κ1) is 18.3. The lowest BCUT2D eigenvalue weighted by atomic mass is 10.3. The van der Waals surface area contributed by atoms with Crippen LogP contribution in [0.15, 0.2) is 10.3 Å². The third-order valence-electron chi connectivity index (χ3n) is 3.00. The Labute approximate surface area is 132 Å². The van der Waals surface area contributed by atoms with Crippen molar-refractivity contribution >= 4 is 38.6 Å². The molecule has 10 heteroatoms. The minimum atomic E-state index is -3.84. The van der Waals surface area contributed by atoms with E-state index >= 15 is 0 Å². The summed E-state index contributed by atoms with van der Waals surface area (Å²) in [5, 5.41) is 10.8. The molecule has 1 aromatic heterocycles. The topological polar surface area (TPSA) is 89.8 Å². The Bertz CT molecular complexity index is 602. The van der Waals surface area contributed by atoms with Crippen LogP contribution in [0.25, 0.3) is 0 Å². The zero-order chi connectivity index (χ0) is 16.2. The highest BCUT2D eigenvalue weighted by Gasteiger charge is 2.32. The van der Waals surface area contributed by atoms with Crippen LogP contribution >= 0.6 is 22.9 Å². The Morgan fingerprint density at radius 2 is 2.19 bits per heavy atom. The van der Waals surface area contributed by atoms with Gasteiger partial charge in [0.25, 0.3) is 15.7 Å². The van der Waals surface area contributed by atoms with Crippen LogP contribution in [-0.2, 0) is 14.8 Å². The van der Waals surface area contributed by atoms with Gasteiger partial charge in [0.1, 0.15) is 4.21 Å². The molecular weight excluding hydrogens is 340 g/mol. The van der Waals surface area contributed by atoms with Crippen molar-refractivity contribution in [3.63, 3.8) is 0 Å². The molecule has 120 valence electrons. The average Bonchev–Trinajstić information content (AvgIpc) is 2.81. The lowest BCUT2D eigenvalue weighted by Crippen LogP contribution is -2.40. The smallest absolute Gasteiger partial charge is 0.300 e. The van der Waals surface area contributed by atoms with Crippen molar-refractivity contribution in [1.29, 1.82) is 0 Å². The number of hydrogen-bond acceptors (Lipinski definition) is 6. The minimum Gasteiger partial charge on any atom is -0.383 e. The number of nitrogens with zero attached hydrogens (tertiary/aromatic N) is 2. The van der Waals surface area contributed by atoms with Crippen molar-refractivity contribution < 1.29 is 18.1 Å². The first-order valence-corrected chi connectivity index (χ1v) is 8.83. The van der Waals surface area contributed by atoms with Crippen molar-refractivity contribution in [3.05, 3.63) is 20.5 Å². The third kappa shape index (κ3) is 4.13. The monoisotopic (exact) mass is 356 g/mol. The standard InChI is InChI=1S/C11H17ClN2O5S2/c1-4-8(2)13(5-6-19-3)21(17,18)10-7-9(14(15)16)11(12)20-10/h7-8H,4-6H2,1-3H3. The van der Waals surface area contributed by atoms with Crippen LogP contribution in [0, 0.1) is 10.1 Å². The first-order chi connectivity index (χ1) is 9.75. The van der Waals surface area contributed by atoms with E-state index in [1.165, 1.54) is 11.4 Å². The second kappa shape index (κ2) is 7.50. The lowest BCUT2D eigenvalue weighted by molar-refractivity contribution is -0.384. The summed E-state index contributed by atoms with van der Waals surface area (Å²) in [6.45, 7) is 4.06. The molecule has 0 bridgehead atoms. The molecule has 0 spiro atoms. The molecule has 0 aliphatic heterocycles. The van der Waals surface area contributed by atoms with Crippen molar-refractivity contribution in [2.45, 2.75) is 30.5 Å². The molecular formula is C11H17ClN2O5S2. The number of nitro groups is 1. The van der Waals surface area contributed by atoms with Crippen LogP contribution in [0.2, 0.25) is 4.34 Å². The average molecular weight is 357 g/mol. The fraction of sp³-hybridized carbons (Fsp3) is 0.636. The molecule has 7 nitrogen and oxygen atoms in total. The summed E-state index contributed by atoms with van der Waals surface area (Å²) < 4.78 is 31.2. The highest BCUT2D eigenvalue weighted by Crippen LogP contribution is 2.37. The number of sulfonamides is 1. The lowest BCUT2D eigenvalue weighted by Gasteiger charge is -2.26. The van der Waals surface area contributed by atoms with Crippen LogP contribution in [0.3, 0.4) is 0 Å². The molecule has 0 aromatic carbocycles. The van der Waals surface area contributed by atoms with Crippen LogP contribution in [0.4, 0.5) is 5.69 Å². The number of methoxy groups -OCH3 is 1. The van der Waals surface area contributed by atoms with E-state index in [0.29, 0.717) is 17.8 Å². The van der Waals surface area contributed by atoms with Gasteiger partial charge in [0.05, 0.1) is 11.5 Å². The van der Waals surface area contributed by atoms with E-state index in [4.69, 9.17) is 16.3 Å². The van der Waals surface area contributed by atoms with Gasteiger partial charge in [-0.2, -0.15) is 4.31 Å². The van der Waals surface area contributed by atoms with Gasteiger partial charge in [-0.15, -0.1) is 11.3 Å².